The van der Waals surface area contributed by atoms with Crippen molar-refractivity contribution in [3.8, 4) is 0 Å². The molecule has 0 rings (SSSR count). The van der Waals surface area contributed by atoms with Crippen LogP contribution in [0.5, 0.6) is 0 Å². The van der Waals surface area contributed by atoms with E-state index in [-0.39, 0.29) is 0 Å². The van der Waals surface area contributed by atoms with E-state index < -0.39 is 356 Å². The highest BCUT2D eigenvalue weighted by atomic mass is 28.6. The summed E-state index contributed by atoms with van der Waals surface area (Å²) in [5.41, 5.74) is 0. The molecule has 0 saturated carbocycles. The predicted molar refractivity (Wildman–Crippen MR) is 664 cm³/mol. The molecule has 0 heterocycles. The molecule has 79 heteroatoms. The number of rotatable bonds is 78. The van der Waals surface area contributed by atoms with Gasteiger partial charge in [0.1, 0.15) is 0 Å². The normalized spacial score (nSPS) is 19.1. The topological polar surface area (TPSA) is 360 Å². The van der Waals surface area contributed by atoms with Crippen LogP contribution in [0.1, 0.15) is 0 Å². The fourth-order valence-corrected chi connectivity index (χ4v) is 179. The van der Waals surface area contributed by atoms with Crippen molar-refractivity contribution in [2.24, 2.45) is 0 Å². The van der Waals surface area contributed by atoms with E-state index in [1.54, 1.807) is 0 Å². The highest BCUT2D eigenvalue weighted by molar-refractivity contribution is 6.97. The lowest BCUT2D eigenvalue weighted by molar-refractivity contribution is 0.248. The molecule has 0 radical (unpaired) electrons. The Kier molecular flexibility index (Phi) is 64.5. The Morgan fingerprint density at radius 1 is 0.0851 bits per heavy atom. The van der Waals surface area contributed by atoms with Crippen LogP contribution in [0, 0.1) is 0 Å². The summed E-state index contributed by atoms with van der Waals surface area (Å²) in [6.45, 7) is 127. The van der Waals surface area contributed by atoms with Gasteiger partial charge in [0, 0.05) is 0 Å². The van der Waals surface area contributed by atoms with Gasteiger partial charge in [0.15, 0.2) is 16.6 Å². The molecule has 20 atom stereocenters. The van der Waals surface area contributed by atoms with Gasteiger partial charge < -0.3 is 160 Å². The second-order valence-electron chi connectivity index (χ2n) is 45.4. The molecule has 0 aliphatic heterocycles. The van der Waals surface area contributed by atoms with Gasteiger partial charge >= 0.3 is 154 Å². The van der Waals surface area contributed by atoms with Crippen molar-refractivity contribution in [2.45, 2.75) is 406 Å². The van der Waals surface area contributed by atoms with E-state index in [1.165, 1.54) is 0 Å². The van der Waals surface area contributed by atoms with Gasteiger partial charge in [0.2, 0.25) is 0 Å². The molecular weight excluding hydrogens is 2490 g/mol. The van der Waals surface area contributed by atoms with Gasteiger partial charge in [-0.3, -0.25) is 0 Å². The molecular formula is C62H206O39Si40. The van der Waals surface area contributed by atoms with Gasteiger partial charge in [0.25, 0.3) is 186 Å². The van der Waals surface area contributed by atoms with Gasteiger partial charge in [-0.1, -0.05) is 0 Å². The van der Waals surface area contributed by atoms with E-state index in [1.807, 2.05) is 190 Å². The minimum absolute atomic E-state index is 1.65. The highest BCUT2D eigenvalue weighted by Crippen LogP contribution is 2.36. The first-order valence-corrected chi connectivity index (χ1v) is 149. The molecule has 39 nitrogen and oxygen atoms in total. The molecule has 0 aromatic carbocycles. The maximum Gasteiger partial charge on any atom is 0.314 e. The average molecular weight is 2700 g/mol. The molecule has 141 heavy (non-hydrogen) atoms. The fourth-order valence-electron chi connectivity index (χ4n) is 17.8. The zero-order valence-electron chi connectivity index (χ0n) is 99.5. The van der Waals surface area contributed by atoms with Crippen LogP contribution in [0.15, 0.2) is 0 Å². The highest BCUT2D eigenvalue weighted by Gasteiger charge is 2.56. The third-order valence-electron chi connectivity index (χ3n) is 17.2. The van der Waals surface area contributed by atoms with Crippen LogP contribution in [0.25, 0.3) is 0 Å². The van der Waals surface area contributed by atoms with Crippen molar-refractivity contribution in [2.75, 3.05) is 0 Å². The van der Waals surface area contributed by atoms with Crippen LogP contribution < -0.4 is 0 Å². The zero-order chi connectivity index (χ0) is 111. The third kappa shape index (κ3) is 76.6. The molecule has 0 amide bonds. The Morgan fingerprint density at radius 3 is 0.255 bits per heavy atom. The average Bonchev–Trinajstić information content (AvgIpc) is 0.795. The second-order valence-corrected chi connectivity index (χ2v) is 164. The minimum Gasteiger partial charge on any atom is -0.439 e. The molecule has 0 aromatic rings. The lowest BCUT2D eigenvalue weighted by Gasteiger charge is -2.45. The molecule has 20 unspecified atom stereocenters. The van der Waals surface area contributed by atoms with Crippen molar-refractivity contribution in [1.82, 2.24) is 0 Å². The summed E-state index contributed by atoms with van der Waals surface area (Å²) in [5, 5.41) is 0. The molecule has 0 bridgehead atoms. The minimum atomic E-state index is -2.93. The summed E-state index contributed by atoms with van der Waals surface area (Å²) in [4.78, 5) is 0. The summed E-state index contributed by atoms with van der Waals surface area (Å²) in [7, 11) is -95.4. The van der Waals surface area contributed by atoms with Gasteiger partial charge in [-0.05, 0) is 406 Å². The van der Waals surface area contributed by atoms with Crippen molar-refractivity contribution in [3.63, 3.8) is 0 Å². The van der Waals surface area contributed by atoms with Crippen LogP contribution in [-0.2, 0) is 160 Å². The molecule has 848 valence electrons. The van der Waals surface area contributed by atoms with Crippen LogP contribution >= 0.6 is 0 Å². The van der Waals surface area contributed by atoms with Gasteiger partial charge in [-0.15, -0.1) is 0 Å². The first kappa shape index (κ1) is 148. The maximum absolute atomic E-state index is 7.01. The van der Waals surface area contributed by atoms with Crippen LogP contribution in [-0.4, -0.2) is 356 Å². The van der Waals surface area contributed by atoms with E-state index >= 15 is 0 Å². The smallest absolute Gasteiger partial charge is 0.314 e. The van der Waals surface area contributed by atoms with Crippen molar-refractivity contribution in [1.29, 1.82) is 0 Å². The molecule has 0 N–H and O–H groups in total. The summed E-state index contributed by atoms with van der Waals surface area (Å²) >= 11 is 0. The van der Waals surface area contributed by atoms with Gasteiger partial charge in [0.05, 0.1) is 0 Å². The van der Waals surface area contributed by atoms with Crippen molar-refractivity contribution >= 4 is 356 Å². The maximum atomic E-state index is 7.01. The Bertz CT molecular complexity index is 3530. The zero-order valence-corrected chi connectivity index (χ0v) is 143. The van der Waals surface area contributed by atoms with Crippen molar-refractivity contribution < 1.29 is 160 Å². The summed E-state index contributed by atoms with van der Waals surface area (Å²) in [6, 6.07) is 0. The Hall–Kier alpha value is 7.12. The molecule has 0 saturated heterocycles. The van der Waals surface area contributed by atoms with Gasteiger partial charge in [-0.25, -0.2) is 0 Å². The third-order valence-corrected chi connectivity index (χ3v) is 154. The lowest BCUT2D eigenvalue weighted by atomic mass is 11.8. The summed E-state index contributed by atoms with van der Waals surface area (Å²) < 4.78 is 258. The molecule has 0 fully saturated rings. The predicted octanol–water partition coefficient (Wildman–Crippen LogP) is 12.9. The van der Waals surface area contributed by atoms with Crippen LogP contribution in [0.3, 0.4) is 0 Å². The molecule has 0 aliphatic carbocycles. The number of hydrogen-bond acceptors (Lipinski definition) is 39. The molecule has 0 aliphatic rings. The first-order chi connectivity index (χ1) is 62.3. The number of hydrogen-bond donors (Lipinski definition) is 0. The summed E-state index contributed by atoms with van der Waals surface area (Å²) in [6.07, 6.45) is 0. The van der Waals surface area contributed by atoms with Gasteiger partial charge in [-0.2, -0.15) is 0 Å². The van der Waals surface area contributed by atoms with Crippen LogP contribution in [0.4, 0.5) is 0 Å². The first-order valence-electron chi connectivity index (χ1n) is 49.7. The monoisotopic (exact) mass is 2690 g/mol. The Balaban J connectivity index is 5.30. The van der Waals surface area contributed by atoms with E-state index in [4.69, 9.17) is 160 Å². The van der Waals surface area contributed by atoms with E-state index in [9.17, 15) is 0 Å². The standard InChI is InChI=1S/C62H206O39Si40/c1-102(64-104(3)66-106(5)68-108(7)70-110(9)72-112(11)74-114(13)76-116(15)78-118(17)80-120(19)82-122(21,22)23)63-103(2)65-105(4)67-107(6)69-109(8)71-111(10)73-113(12)75-115(14)77-117(16)79-119(18)81-121(20)83-124(27,28)85-126(31,32)87-128(35,36)89-130(39,40)91-132(43,44)93-134(47,48)95-136(51,52)97-138(55,56)99-140(59,60)101-141(61,62)100-139(57,58)98-137(53,54)96-135(49,50)94-133(45,46)92-131(41,42)90-129(37,38)88-127(33,34)86-125(29,30)84-123(24,25)26/h102-121H,1-62H3. The lowest BCUT2D eigenvalue weighted by Crippen LogP contribution is -2.63. The molecule has 0 spiro atoms. The quantitative estimate of drug-likeness (QED) is 0.0510. The molecule has 0 aromatic heterocycles. The largest absolute Gasteiger partial charge is 0.439 e. The van der Waals surface area contributed by atoms with Crippen molar-refractivity contribution in [3.05, 3.63) is 0 Å². The second kappa shape index (κ2) is 61.4. The Labute approximate surface area is 913 Å². The van der Waals surface area contributed by atoms with E-state index in [0.717, 1.165) is 0 Å². The van der Waals surface area contributed by atoms with Crippen LogP contribution in [0.2, 0.25) is 406 Å². The SMILES string of the molecule is C[SiH](O[SiH](C)O[SiH](C)O[SiH](C)O[SiH](C)O[SiH](C)O[SiH](C)O[SiH](C)O[SiH](C)O[SiH](C)O[SiH](C)O[Si](C)(C)O[Si](C)(C)O[Si](C)(C)O[Si](C)(C)O[Si](C)(C)O[Si](C)(C)O[Si](C)(C)O[Si](C)(C)O[Si](C)(C)O[Si](C)(C)O[Si](C)(C)O[Si](C)(C)O[Si](C)(C)O[Si](C)(C)O[Si](C)(C)O[Si](C)(C)O[Si](C)(C)O[Si](C)(C)O[Si](C)(C)C)O[SiH](C)O[SiH](C)O[SiH](C)O[SiH](C)O[SiH](C)O[SiH](C)O[SiH](C)O[SiH](C)O[SiH](C)O[Si](C)(C)C. The summed E-state index contributed by atoms with van der Waals surface area (Å²) in [5.74, 6) is 0. The van der Waals surface area contributed by atoms with E-state index in [2.05, 4.69) is 216 Å². The fraction of sp³-hybridized carbons (Fsp3) is 1.00. The van der Waals surface area contributed by atoms with E-state index in [0.29, 0.717) is 0 Å². The Morgan fingerprint density at radius 2 is 0.163 bits per heavy atom.